The molecule has 6 aromatic carbocycles. The van der Waals surface area contributed by atoms with Gasteiger partial charge in [0.1, 0.15) is 11.5 Å². The fourth-order valence-electron chi connectivity index (χ4n) is 8.89. The van der Waals surface area contributed by atoms with E-state index >= 15 is 0 Å². The summed E-state index contributed by atoms with van der Waals surface area (Å²) in [6.07, 6.45) is 8.15. The number of hydrogen-bond acceptors (Lipinski definition) is 2. The summed E-state index contributed by atoms with van der Waals surface area (Å²) >= 11 is 0. The molecule has 50 heavy (non-hydrogen) atoms. The minimum atomic E-state index is 0.759. The normalized spacial score (nSPS) is 19.9. The lowest BCUT2D eigenvalue weighted by molar-refractivity contribution is 0.103. The van der Waals surface area contributed by atoms with Crippen LogP contribution in [0.15, 0.2) is 152 Å². The van der Waals surface area contributed by atoms with Crippen LogP contribution >= 0.6 is 0 Å². The Morgan fingerprint density at radius 3 is 1.56 bits per heavy atom. The van der Waals surface area contributed by atoms with Gasteiger partial charge in [0.15, 0.2) is 0 Å². The lowest BCUT2D eigenvalue weighted by Crippen LogP contribution is -2.31. The summed E-state index contributed by atoms with van der Waals surface area (Å²) in [5.74, 6) is 5.40. The monoisotopic (exact) mass is 653 g/mol. The first-order valence-electron chi connectivity index (χ1n) is 18.5. The fourth-order valence-corrected chi connectivity index (χ4v) is 8.89. The molecule has 2 saturated carbocycles. The third kappa shape index (κ3) is 7.12. The summed E-state index contributed by atoms with van der Waals surface area (Å²) in [6, 6.07) is 54.3. The minimum absolute atomic E-state index is 0.759. The molecule has 0 aliphatic heterocycles. The zero-order chi connectivity index (χ0) is 33.9. The van der Waals surface area contributed by atoms with Gasteiger partial charge in [0.25, 0.3) is 0 Å². The van der Waals surface area contributed by atoms with E-state index in [4.69, 9.17) is 4.74 Å². The summed E-state index contributed by atoms with van der Waals surface area (Å²) in [6.45, 7) is 4.62. The van der Waals surface area contributed by atoms with Gasteiger partial charge >= 0.3 is 0 Å². The average Bonchev–Trinajstić information content (AvgIpc) is 3.14. The second-order valence-corrected chi connectivity index (χ2v) is 14.9. The average molecular weight is 654 g/mol. The Morgan fingerprint density at radius 1 is 0.500 bits per heavy atom. The molecule has 4 atom stereocenters. The van der Waals surface area contributed by atoms with Crippen molar-refractivity contribution in [2.45, 2.75) is 52.4 Å². The number of rotatable bonds is 9. The number of hydrogen-bond donors (Lipinski definition) is 0. The topological polar surface area (TPSA) is 12.5 Å². The molecule has 6 aromatic rings. The highest BCUT2D eigenvalue weighted by atomic mass is 16.5. The van der Waals surface area contributed by atoms with Gasteiger partial charge in [0.05, 0.1) is 0 Å². The SMILES string of the molecule is Cc1cc(N(c2ccc(-c3ccccc3)cc2)c2ccc(-c3ccccc3)cc2)ccc1Oc1ccccc1C[C@H]1C[C@H]2C[C@@H](C)C[C@@H](C1)C2. The molecule has 2 bridgehead atoms. The molecule has 0 N–H and O–H groups in total. The maximum Gasteiger partial charge on any atom is 0.130 e. The number of para-hydroxylation sites is 1. The van der Waals surface area contributed by atoms with Crippen LogP contribution in [0.4, 0.5) is 17.1 Å². The van der Waals surface area contributed by atoms with Gasteiger partial charge < -0.3 is 9.64 Å². The van der Waals surface area contributed by atoms with Gasteiger partial charge in [0, 0.05) is 17.1 Å². The van der Waals surface area contributed by atoms with Crippen LogP contribution in [0.3, 0.4) is 0 Å². The molecule has 250 valence electrons. The van der Waals surface area contributed by atoms with Crippen LogP contribution in [0.25, 0.3) is 22.3 Å². The second kappa shape index (κ2) is 14.4. The lowest BCUT2D eigenvalue weighted by atomic mass is 9.64. The number of aryl methyl sites for hydroxylation is 1. The molecule has 0 saturated heterocycles. The standard InChI is InChI=1S/C48H47NO/c1-34-27-36-30-37(28-34)32-38(31-36)33-43-15-9-10-16-48(43)50-47-26-25-46(29-35(47)2)49(44-21-17-41(18-22-44)39-11-5-3-6-12-39)45-23-19-42(20-24-45)40-13-7-4-8-14-40/h3-26,29,34,36-38H,27-28,30-33H2,1-2H3/t34-,36+,37-,38+. The van der Waals surface area contributed by atoms with Crippen molar-refractivity contribution in [2.75, 3.05) is 4.90 Å². The number of ether oxygens (including phenoxy) is 1. The molecule has 2 aliphatic rings. The summed E-state index contributed by atoms with van der Waals surface area (Å²) in [4.78, 5) is 2.34. The highest BCUT2D eigenvalue weighted by Crippen LogP contribution is 2.46. The Hall–Kier alpha value is -5.08. The molecule has 2 fully saturated rings. The zero-order valence-corrected chi connectivity index (χ0v) is 29.3. The minimum Gasteiger partial charge on any atom is -0.457 e. The molecule has 0 spiro atoms. The quantitative estimate of drug-likeness (QED) is 0.154. The largest absolute Gasteiger partial charge is 0.457 e. The van der Waals surface area contributed by atoms with Gasteiger partial charge in [-0.25, -0.2) is 0 Å². The molecule has 2 nitrogen and oxygen atoms in total. The zero-order valence-electron chi connectivity index (χ0n) is 29.3. The molecule has 0 heterocycles. The second-order valence-electron chi connectivity index (χ2n) is 14.9. The third-order valence-corrected chi connectivity index (χ3v) is 11.1. The smallest absolute Gasteiger partial charge is 0.130 e. The van der Waals surface area contributed by atoms with Gasteiger partial charge in [-0.2, -0.15) is 0 Å². The summed E-state index contributed by atoms with van der Waals surface area (Å²) < 4.78 is 6.75. The van der Waals surface area contributed by atoms with E-state index in [1.54, 1.807) is 0 Å². The molecule has 2 aliphatic carbocycles. The van der Waals surface area contributed by atoms with E-state index in [0.717, 1.165) is 64.2 Å². The van der Waals surface area contributed by atoms with E-state index in [9.17, 15) is 0 Å². The van der Waals surface area contributed by atoms with E-state index < -0.39 is 0 Å². The maximum atomic E-state index is 6.75. The van der Waals surface area contributed by atoms with E-state index in [2.05, 4.69) is 170 Å². The Morgan fingerprint density at radius 2 is 1.00 bits per heavy atom. The number of nitrogens with zero attached hydrogens (tertiary/aromatic N) is 1. The van der Waals surface area contributed by atoms with Crippen molar-refractivity contribution < 1.29 is 4.74 Å². The van der Waals surface area contributed by atoms with Gasteiger partial charge in [-0.05, 0) is 151 Å². The van der Waals surface area contributed by atoms with E-state index in [1.165, 1.54) is 59.9 Å². The van der Waals surface area contributed by atoms with Crippen LogP contribution in [0.1, 0.15) is 50.2 Å². The van der Waals surface area contributed by atoms with Gasteiger partial charge in [-0.15, -0.1) is 0 Å². The van der Waals surface area contributed by atoms with Crippen LogP contribution < -0.4 is 9.64 Å². The Kier molecular flexibility index (Phi) is 9.27. The molecule has 0 radical (unpaired) electrons. The number of benzene rings is 6. The van der Waals surface area contributed by atoms with Crippen molar-refractivity contribution in [3.05, 3.63) is 163 Å². The van der Waals surface area contributed by atoms with Crippen molar-refractivity contribution in [1.82, 2.24) is 0 Å². The van der Waals surface area contributed by atoms with E-state index in [-0.39, 0.29) is 0 Å². The summed E-state index contributed by atoms with van der Waals surface area (Å²) in [5, 5.41) is 0. The molecular formula is C48H47NO. The van der Waals surface area contributed by atoms with Crippen LogP contribution in [0, 0.1) is 30.6 Å². The first-order valence-corrected chi connectivity index (χ1v) is 18.5. The Balaban J connectivity index is 1.07. The predicted octanol–water partition coefficient (Wildman–Crippen LogP) is 13.6. The van der Waals surface area contributed by atoms with Crippen LogP contribution in [-0.4, -0.2) is 0 Å². The molecular weight excluding hydrogens is 607 g/mol. The van der Waals surface area contributed by atoms with Crippen molar-refractivity contribution in [1.29, 1.82) is 0 Å². The van der Waals surface area contributed by atoms with E-state index in [0.29, 0.717) is 0 Å². The molecule has 0 aromatic heterocycles. The molecule has 2 heteroatoms. The van der Waals surface area contributed by atoms with Crippen molar-refractivity contribution in [3.8, 4) is 33.8 Å². The van der Waals surface area contributed by atoms with E-state index in [1.807, 2.05) is 0 Å². The van der Waals surface area contributed by atoms with Crippen molar-refractivity contribution in [2.24, 2.45) is 23.7 Å². The summed E-state index contributed by atoms with van der Waals surface area (Å²) in [7, 11) is 0. The highest BCUT2D eigenvalue weighted by Gasteiger charge is 2.34. The van der Waals surface area contributed by atoms with Gasteiger partial charge in [-0.1, -0.05) is 110 Å². The molecule has 0 amide bonds. The summed E-state index contributed by atoms with van der Waals surface area (Å²) in [5.41, 5.74) is 10.6. The van der Waals surface area contributed by atoms with Gasteiger partial charge in [0.2, 0.25) is 0 Å². The molecule has 0 unspecified atom stereocenters. The highest BCUT2D eigenvalue weighted by molar-refractivity contribution is 5.80. The van der Waals surface area contributed by atoms with Crippen molar-refractivity contribution >= 4 is 17.1 Å². The number of anilines is 3. The Bertz CT molecular complexity index is 1920. The predicted molar refractivity (Wildman–Crippen MR) is 210 cm³/mol. The maximum absolute atomic E-state index is 6.75. The van der Waals surface area contributed by atoms with Crippen LogP contribution in [0.2, 0.25) is 0 Å². The third-order valence-electron chi connectivity index (χ3n) is 11.1. The van der Waals surface area contributed by atoms with Gasteiger partial charge in [-0.3, -0.25) is 0 Å². The molecule has 8 rings (SSSR count). The first-order chi connectivity index (χ1) is 24.6. The Labute approximate surface area is 298 Å². The van der Waals surface area contributed by atoms with Crippen LogP contribution in [0.5, 0.6) is 11.5 Å². The lowest BCUT2D eigenvalue weighted by Gasteiger charge is -2.42. The fraction of sp³-hybridized carbons (Fsp3) is 0.250. The van der Waals surface area contributed by atoms with Crippen LogP contribution in [-0.2, 0) is 6.42 Å². The van der Waals surface area contributed by atoms with Crippen molar-refractivity contribution in [3.63, 3.8) is 0 Å². The number of fused-ring (bicyclic) bond motifs is 2. The first kappa shape index (κ1) is 32.1.